The first-order valence-corrected chi connectivity index (χ1v) is 9.75. The van der Waals surface area contributed by atoms with E-state index in [1.54, 1.807) is 0 Å². The first-order chi connectivity index (χ1) is 9.66. The molecule has 8 heteroatoms. The van der Waals surface area contributed by atoms with Gasteiger partial charge in [0.25, 0.3) is 9.05 Å². The molecule has 0 amide bonds. The summed E-state index contributed by atoms with van der Waals surface area (Å²) >= 11 is 8.94. The van der Waals surface area contributed by atoms with Crippen molar-refractivity contribution < 1.29 is 17.9 Å². The van der Waals surface area contributed by atoms with Crippen LogP contribution in [-0.2, 0) is 13.8 Å². The van der Waals surface area contributed by atoms with Gasteiger partial charge >= 0.3 is 5.97 Å². The van der Waals surface area contributed by atoms with E-state index in [-0.39, 0.29) is 32.5 Å². The third kappa shape index (κ3) is 5.43. The monoisotopic (exact) mass is 416 g/mol. The maximum Gasteiger partial charge on any atom is 0.338 e. The minimum Gasteiger partial charge on any atom is -0.462 e. The highest BCUT2D eigenvalue weighted by Crippen LogP contribution is 2.33. The zero-order chi connectivity index (χ0) is 16.2. The Hall–Kier alpha value is -0.300. The molecule has 0 spiro atoms. The molecule has 0 fully saturated rings. The van der Waals surface area contributed by atoms with Crippen LogP contribution in [0.2, 0.25) is 5.02 Å². The van der Waals surface area contributed by atoms with Crippen molar-refractivity contribution in [3.8, 4) is 0 Å². The van der Waals surface area contributed by atoms with E-state index in [2.05, 4.69) is 15.9 Å². The molecule has 21 heavy (non-hydrogen) atoms. The van der Waals surface area contributed by atoms with Gasteiger partial charge in [-0.05, 0) is 40.4 Å². The summed E-state index contributed by atoms with van der Waals surface area (Å²) in [5, 5.41) is 0.0743. The van der Waals surface area contributed by atoms with Crippen LogP contribution in [0.1, 0.15) is 37.0 Å². The third-order valence-electron chi connectivity index (χ3n) is 2.77. The number of halogens is 3. The van der Waals surface area contributed by atoms with Crippen LogP contribution in [-0.4, -0.2) is 21.0 Å². The third-order valence-corrected chi connectivity index (χ3v) is 5.76. The Labute approximate surface area is 142 Å². The van der Waals surface area contributed by atoms with Gasteiger partial charge in [-0.3, -0.25) is 0 Å². The van der Waals surface area contributed by atoms with Crippen LogP contribution in [0, 0.1) is 5.92 Å². The fourth-order valence-electron chi connectivity index (χ4n) is 1.74. The molecule has 118 valence electrons. The van der Waals surface area contributed by atoms with E-state index < -0.39 is 15.0 Å². The second kappa shape index (κ2) is 7.81. The molecule has 1 atom stereocenters. The second-order valence-corrected chi connectivity index (χ2v) is 8.43. The molecule has 0 aliphatic heterocycles. The van der Waals surface area contributed by atoms with Crippen molar-refractivity contribution in [3.05, 3.63) is 27.2 Å². The van der Waals surface area contributed by atoms with Crippen LogP contribution in [0.4, 0.5) is 0 Å². The molecular weight excluding hydrogens is 403 g/mol. The molecule has 0 bridgehead atoms. The van der Waals surface area contributed by atoms with Crippen molar-refractivity contribution in [2.24, 2.45) is 5.92 Å². The van der Waals surface area contributed by atoms with Gasteiger partial charge in [0, 0.05) is 10.7 Å². The smallest absolute Gasteiger partial charge is 0.338 e. The Morgan fingerprint density at radius 2 is 2.05 bits per heavy atom. The van der Waals surface area contributed by atoms with Crippen molar-refractivity contribution in [2.45, 2.75) is 31.6 Å². The number of esters is 1. The van der Waals surface area contributed by atoms with E-state index in [4.69, 9.17) is 27.0 Å². The molecule has 1 rings (SSSR count). The van der Waals surface area contributed by atoms with Crippen molar-refractivity contribution >= 4 is 53.2 Å². The van der Waals surface area contributed by atoms with Crippen LogP contribution in [0.5, 0.6) is 0 Å². The van der Waals surface area contributed by atoms with Crippen molar-refractivity contribution in [2.75, 3.05) is 6.61 Å². The van der Waals surface area contributed by atoms with Crippen LogP contribution < -0.4 is 0 Å². The summed E-state index contributed by atoms with van der Waals surface area (Å²) in [5.74, 6) is -0.393. The molecule has 0 heterocycles. The van der Waals surface area contributed by atoms with Crippen LogP contribution >= 0.6 is 38.2 Å². The lowest BCUT2D eigenvalue weighted by atomic mass is 10.1. The van der Waals surface area contributed by atoms with Crippen molar-refractivity contribution in [3.63, 3.8) is 0 Å². The van der Waals surface area contributed by atoms with Gasteiger partial charge in [0.1, 0.15) is 0 Å². The van der Waals surface area contributed by atoms with Crippen molar-refractivity contribution in [1.29, 1.82) is 0 Å². The highest BCUT2D eigenvalue weighted by molar-refractivity contribution is 9.10. The Morgan fingerprint density at radius 3 is 2.57 bits per heavy atom. The van der Waals surface area contributed by atoms with E-state index in [0.717, 1.165) is 18.9 Å². The number of benzene rings is 1. The van der Waals surface area contributed by atoms with E-state index in [1.165, 1.54) is 6.07 Å². The Kier molecular flexibility index (Phi) is 6.97. The summed E-state index contributed by atoms with van der Waals surface area (Å²) in [7, 11) is 1.29. The zero-order valence-corrected chi connectivity index (χ0v) is 15.4. The normalized spacial score (nSPS) is 13.0. The van der Waals surface area contributed by atoms with Crippen molar-refractivity contribution in [1.82, 2.24) is 0 Å². The predicted octanol–water partition coefficient (Wildman–Crippen LogP) is 4.62. The number of rotatable bonds is 6. The van der Waals surface area contributed by atoms with Gasteiger partial charge in [-0.1, -0.05) is 31.9 Å². The average molecular weight is 418 g/mol. The Balaban J connectivity index is 2.99. The largest absolute Gasteiger partial charge is 0.462 e. The fourth-order valence-corrected chi connectivity index (χ4v) is 4.12. The number of hydrogen-bond donors (Lipinski definition) is 0. The standard InChI is InChI=1S/C13H15BrCl2O4S/c1-3-4-8(2)7-20-13(17)9-5-10(15)12(14)11(6-9)21(16,18)19/h5-6,8H,3-4,7H2,1-2H3. The Bertz CT molecular complexity index is 631. The first-order valence-electron chi connectivity index (χ1n) is 6.27. The molecule has 1 unspecified atom stereocenters. The predicted molar refractivity (Wildman–Crippen MR) is 86.5 cm³/mol. The quantitative estimate of drug-likeness (QED) is 0.500. The SMILES string of the molecule is CCCC(C)COC(=O)c1cc(Cl)c(Br)c(S(=O)(=O)Cl)c1. The van der Waals surface area contributed by atoms with Crippen LogP contribution in [0.25, 0.3) is 0 Å². The minimum absolute atomic E-state index is 0.0473. The lowest BCUT2D eigenvalue weighted by Gasteiger charge is -2.12. The number of ether oxygens (including phenoxy) is 1. The van der Waals surface area contributed by atoms with Crippen LogP contribution in [0.15, 0.2) is 21.5 Å². The minimum atomic E-state index is -4.02. The van der Waals surface area contributed by atoms with Gasteiger partial charge < -0.3 is 4.74 Å². The molecule has 0 aromatic heterocycles. The molecular formula is C13H15BrCl2O4S. The molecule has 1 aromatic rings. The van der Waals surface area contributed by atoms with E-state index >= 15 is 0 Å². The highest BCUT2D eigenvalue weighted by atomic mass is 79.9. The lowest BCUT2D eigenvalue weighted by molar-refractivity contribution is 0.0443. The zero-order valence-electron chi connectivity index (χ0n) is 11.5. The van der Waals surface area contributed by atoms with Gasteiger partial charge in [-0.25, -0.2) is 13.2 Å². The first kappa shape index (κ1) is 18.7. The molecule has 0 saturated carbocycles. The molecule has 4 nitrogen and oxygen atoms in total. The Morgan fingerprint density at radius 1 is 1.43 bits per heavy atom. The maximum atomic E-state index is 12.0. The molecule has 0 saturated heterocycles. The molecule has 1 aromatic carbocycles. The average Bonchev–Trinajstić information content (AvgIpc) is 2.38. The topological polar surface area (TPSA) is 60.4 Å². The van der Waals surface area contributed by atoms with Crippen LogP contribution in [0.3, 0.4) is 0 Å². The van der Waals surface area contributed by atoms with E-state index in [0.29, 0.717) is 0 Å². The highest BCUT2D eigenvalue weighted by Gasteiger charge is 2.21. The maximum absolute atomic E-state index is 12.0. The van der Waals surface area contributed by atoms with Gasteiger partial charge in [0.2, 0.25) is 0 Å². The summed E-state index contributed by atoms with van der Waals surface area (Å²) in [6.07, 6.45) is 1.94. The van der Waals surface area contributed by atoms with E-state index in [9.17, 15) is 13.2 Å². The number of carbonyl (C=O) groups excluding carboxylic acids is 1. The number of hydrogen-bond acceptors (Lipinski definition) is 4. The molecule has 0 aliphatic carbocycles. The summed E-state index contributed by atoms with van der Waals surface area (Å²) in [6, 6.07) is 2.48. The second-order valence-electron chi connectivity index (χ2n) is 4.70. The summed E-state index contributed by atoms with van der Waals surface area (Å²) in [5.41, 5.74) is 0.0473. The lowest BCUT2D eigenvalue weighted by Crippen LogP contribution is -2.12. The van der Waals surface area contributed by atoms with Gasteiger partial charge in [0.05, 0.1) is 26.6 Å². The molecule has 0 radical (unpaired) electrons. The molecule has 0 N–H and O–H groups in total. The fraction of sp³-hybridized carbons (Fsp3) is 0.462. The summed E-state index contributed by atoms with van der Waals surface area (Å²) in [4.78, 5) is 11.7. The van der Waals surface area contributed by atoms with Gasteiger partial charge in [0.15, 0.2) is 0 Å². The summed E-state index contributed by atoms with van der Waals surface area (Å²) in [6.45, 7) is 4.29. The molecule has 0 aliphatic rings. The number of carbonyl (C=O) groups is 1. The van der Waals surface area contributed by atoms with Gasteiger partial charge in [-0.15, -0.1) is 0 Å². The van der Waals surface area contributed by atoms with Gasteiger partial charge in [-0.2, -0.15) is 0 Å². The summed E-state index contributed by atoms with van der Waals surface area (Å²) < 4.78 is 28.2. The van der Waals surface area contributed by atoms with E-state index in [1.807, 2.05) is 13.8 Å².